The number of rotatable bonds is 5. The molecule has 0 aliphatic rings. The van der Waals surface area contributed by atoms with E-state index in [0.29, 0.717) is 5.82 Å². The normalized spacial score (nSPS) is 12.6. The Morgan fingerprint density at radius 3 is 2.62 bits per heavy atom. The number of hydrogen-bond acceptors (Lipinski definition) is 6. The van der Waals surface area contributed by atoms with Crippen LogP contribution in [0.1, 0.15) is 0 Å². The van der Waals surface area contributed by atoms with Crippen molar-refractivity contribution in [2.24, 2.45) is 0 Å². The van der Waals surface area contributed by atoms with Crippen molar-refractivity contribution in [2.75, 3.05) is 30.0 Å². The number of aliphatic hydroxyl groups excluding tert-OH is 1. The second-order valence-electron chi connectivity index (χ2n) is 3.03. The molecule has 0 fully saturated rings. The summed E-state index contributed by atoms with van der Waals surface area (Å²) in [5.41, 5.74) is 5.39. The smallest absolute Gasteiger partial charge is 0.265 e. The fourth-order valence-corrected chi connectivity index (χ4v) is 0.983. The van der Waals surface area contributed by atoms with E-state index in [9.17, 15) is 8.78 Å². The van der Waals surface area contributed by atoms with E-state index in [4.69, 9.17) is 10.8 Å². The summed E-state index contributed by atoms with van der Waals surface area (Å²) < 4.78 is 24.0. The molecule has 16 heavy (non-hydrogen) atoms. The van der Waals surface area contributed by atoms with Gasteiger partial charge in [-0.3, -0.25) is 0 Å². The monoisotopic (exact) mass is 233 g/mol. The molecule has 90 valence electrons. The predicted octanol–water partition coefficient (Wildman–Crippen LogP) is 0.138. The van der Waals surface area contributed by atoms with Crippen molar-refractivity contribution in [2.45, 2.75) is 12.5 Å². The minimum Gasteiger partial charge on any atom is -0.385 e. The van der Waals surface area contributed by atoms with Crippen LogP contribution in [0.15, 0.2) is 6.07 Å². The third-order valence-electron chi connectivity index (χ3n) is 1.78. The van der Waals surface area contributed by atoms with Crippen LogP contribution in [-0.2, 0) is 0 Å². The molecular formula is C8H13F2N5O. The van der Waals surface area contributed by atoms with E-state index >= 15 is 0 Å². The highest BCUT2D eigenvalue weighted by Gasteiger charge is 2.16. The zero-order valence-corrected chi connectivity index (χ0v) is 8.61. The topological polar surface area (TPSA) is 96.1 Å². The molecule has 1 unspecified atom stereocenters. The molecule has 6 nitrogen and oxygen atoms in total. The zero-order chi connectivity index (χ0) is 12.1. The molecule has 5 N–H and O–H groups in total. The van der Waals surface area contributed by atoms with Crippen LogP contribution in [0, 0.1) is 0 Å². The Hall–Kier alpha value is -1.70. The summed E-state index contributed by atoms with van der Waals surface area (Å²) >= 11 is 0. The van der Waals surface area contributed by atoms with Crippen LogP contribution in [0.4, 0.5) is 26.4 Å². The number of halogens is 2. The zero-order valence-electron chi connectivity index (χ0n) is 8.61. The van der Waals surface area contributed by atoms with Crippen molar-refractivity contribution in [3.8, 4) is 0 Å². The maximum absolute atomic E-state index is 12.0. The van der Waals surface area contributed by atoms with Crippen LogP contribution in [0.3, 0.4) is 0 Å². The number of nitrogens with two attached hydrogens (primary N) is 1. The van der Waals surface area contributed by atoms with Crippen molar-refractivity contribution < 1.29 is 13.9 Å². The predicted molar refractivity (Wildman–Crippen MR) is 56.5 cm³/mol. The first-order valence-electron chi connectivity index (χ1n) is 4.55. The van der Waals surface area contributed by atoms with E-state index in [1.165, 1.54) is 6.07 Å². The quantitative estimate of drug-likeness (QED) is 0.577. The molecule has 0 aliphatic carbocycles. The van der Waals surface area contributed by atoms with Crippen LogP contribution < -0.4 is 16.4 Å². The lowest BCUT2D eigenvalue weighted by Crippen LogP contribution is -2.27. The molecule has 8 heteroatoms. The molecule has 1 aromatic rings. The van der Waals surface area contributed by atoms with Gasteiger partial charge in [0.25, 0.3) is 6.43 Å². The van der Waals surface area contributed by atoms with Crippen LogP contribution in [0.25, 0.3) is 0 Å². The first-order chi connectivity index (χ1) is 7.52. The van der Waals surface area contributed by atoms with Gasteiger partial charge in [0, 0.05) is 19.7 Å². The molecule has 1 aromatic heterocycles. The Morgan fingerprint density at radius 2 is 2.06 bits per heavy atom. The van der Waals surface area contributed by atoms with Gasteiger partial charge in [-0.05, 0) is 0 Å². The van der Waals surface area contributed by atoms with Crippen molar-refractivity contribution in [1.82, 2.24) is 9.97 Å². The van der Waals surface area contributed by atoms with Gasteiger partial charge < -0.3 is 21.5 Å². The molecule has 1 atom stereocenters. The van der Waals surface area contributed by atoms with Gasteiger partial charge in [-0.2, -0.15) is 9.97 Å². The Balaban J connectivity index is 2.63. The standard InChI is InChI=1S/C8H13F2N5O/c1-12-5-2-6(15-8(11)14-5)13-3-4(16)7(9)10/h2,4,7,16H,3H2,1H3,(H4,11,12,13,14,15). The third-order valence-corrected chi connectivity index (χ3v) is 1.78. The first-order valence-corrected chi connectivity index (χ1v) is 4.55. The molecule has 0 radical (unpaired) electrons. The van der Waals surface area contributed by atoms with Crippen molar-refractivity contribution in [3.63, 3.8) is 0 Å². The number of hydrogen-bond donors (Lipinski definition) is 4. The lowest BCUT2D eigenvalue weighted by Gasteiger charge is -2.11. The third kappa shape index (κ3) is 3.46. The molecule has 1 heterocycles. The summed E-state index contributed by atoms with van der Waals surface area (Å²) in [4.78, 5) is 7.59. The highest BCUT2D eigenvalue weighted by molar-refractivity contribution is 5.50. The Bertz CT molecular complexity index is 349. The summed E-state index contributed by atoms with van der Waals surface area (Å²) in [5.74, 6) is 0.749. The summed E-state index contributed by atoms with van der Waals surface area (Å²) in [6, 6.07) is 1.49. The van der Waals surface area contributed by atoms with Crippen molar-refractivity contribution in [3.05, 3.63) is 6.07 Å². The van der Waals surface area contributed by atoms with E-state index < -0.39 is 12.5 Å². The molecule has 0 spiro atoms. The van der Waals surface area contributed by atoms with E-state index in [-0.39, 0.29) is 18.3 Å². The largest absolute Gasteiger partial charge is 0.385 e. The number of anilines is 3. The van der Waals surface area contributed by atoms with Crippen LogP contribution >= 0.6 is 0 Å². The molecule has 0 bridgehead atoms. The SMILES string of the molecule is CNc1cc(NCC(O)C(F)F)nc(N)n1. The minimum absolute atomic E-state index is 0.0147. The highest BCUT2D eigenvalue weighted by Crippen LogP contribution is 2.12. The highest BCUT2D eigenvalue weighted by atomic mass is 19.3. The Kier molecular flexibility index (Phi) is 4.18. The van der Waals surface area contributed by atoms with Crippen molar-refractivity contribution >= 4 is 17.6 Å². The number of nitrogens with zero attached hydrogens (tertiary/aromatic N) is 2. The van der Waals surface area contributed by atoms with E-state index in [1.807, 2.05) is 0 Å². The summed E-state index contributed by atoms with van der Waals surface area (Å²) in [6.45, 7) is -0.308. The van der Waals surface area contributed by atoms with Crippen LogP contribution in [0.2, 0.25) is 0 Å². The van der Waals surface area contributed by atoms with Gasteiger partial charge in [-0.1, -0.05) is 0 Å². The lowest BCUT2D eigenvalue weighted by atomic mass is 10.3. The van der Waals surface area contributed by atoms with Crippen LogP contribution in [-0.4, -0.2) is 41.2 Å². The van der Waals surface area contributed by atoms with Gasteiger partial charge in [0.05, 0.1) is 0 Å². The van der Waals surface area contributed by atoms with Gasteiger partial charge >= 0.3 is 0 Å². The minimum atomic E-state index is -2.80. The summed E-state index contributed by atoms with van der Waals surface area (Å²) in [6.07, 6.45) is -4.54. The van der Waals surface area contributed by atoms with Gasteiger partial charge in [-0.25, -0.2) is 8.78 Å². The Labute approximate surface area is 90.9 Å². The lowest BCUT2D eigenvalue weighted by molar-refractivity contribution is 0.00381. The molecule has 0 saturated carbocycles. The second-order valence-corrected chi connectivity index (χ2v) is 3.03. The maximum atomic E-state index is 12.0. The summed E-state index contributed by atoms with van der Waals surface area (Å²) in [5, 5.41) is 14.2. The summed E-state index contributed by atoms with van der Waals surface area (Å²) in [7, 11) is 1.64. The average molecular weight is 233 g/mol. The van der Waals surface area contributed by atoms with Crippen LogP contribution in [0.5, 0.6) is 0 Å². The van der Waals surface area contributed by atoms with E-state index in [2.05, 4.69) is 20.6 Å². The van der Waals surface area contributed by atoms with Gasteiger partial charge in [0.2, 0.25) is 5.95 Å². The number of aliphatic hydroxyl groups is 1. The molecule has 0 amide bonds. The molecule has 0 aliphatic heterocycles. The van der Waals surface area contributed by atoms with Crippen molar-refractivity contribution in [1.29, 1.82) is 0 Å². The molecule has 0 aromatic carbocycles. The van der Waals surface area contributed by atoms with E-state index in [0.717, 1.165) is 0 Å². The van der Waals surface area contributed by atoms with Gasteiger partial charge in [0.15, 0.2) is 0 Å². The maximum Gasteiger partial charge on any atom is 0.265 e. The number of nitrogen functional groups attached to an aromatic ring is 1. The fourth-order valence-electron chi connectivity index (χ4n) is 0.983. The number of aromatic nitrogens is 2. The fraction of sp³-hybridized carbons (Fsp3) is 0.500. The van der Waals surface area contributed by atoms with Gasteiger partial charge in [0.1, 0.15) is 17.7 Å². The van der Waals surface area contributed by atoms with Gasteiger partial charge in [-0.15, -0.1) is 0 Å². The molecule has 1 rings (SSSR count). The first kappa shape index (κ1) is 12.4. The molecular weight excluding hydrogens is 220 g/mol. The number of nitrogens with one attached hydrogen (secondary N) is 2. The van der Waals surface area contributed by atoms with E-state index in [1.54, 1.807) is 7.05 Å². The molecule has 0 saturated heterocycles. The second kappa shape index (κ2) is 5.40. The average Bonchev–Trinajstić information content (AvgIpc) is 2.24. The number of alkyl halides is 2. The Morgan fingerprint density at radius 1 is 1.44 bits per heavy atom.